The lowest BCUT2D eigenvalue weighted by atomic mass is 10.2. The van der Waals surface area contributed by atoms with Gasteiger partial charge in [-0.25, -0.2) is 9.78 Å². The quantitative estimate of drug-likeness (QED) is 0.861. The highest BCUT2D eigenvalue weighted by Crippen LogP contribution is 2.25. The highest BCUT2D eigenvalue weighted by Gasteiger charge is 2.28. The number of nitrogens with zero attached hydrogens (tertiary/aromatic N) is 2. The van der Waals surface area contributed by atoms with Gasteiger partial charge in [0.1, 0.15) is 5.01 Å². The molecule has 0 aliphatic heterocycles. The predicted molar refractivity (Wildman–Crippen MR) is 84.5 cm³/mol. The first-order valence-corrected chi connectivity index (χ1v) is 7.89. The van der Waals surface area contributed by atoms with E-state index in [2.05, 4.69) is 10.3 Å². The van der Waals surface area contributed by atoms with Crippen LogP contribution in [-0.2, 0) is 0 Å². The van der Waals surface area contributed by atoms with E-state index in [9.17, 15) is 18.0 Å². The molecule has 2 amide bonds. The van der Waals surface area contributed by atoms with Crippen LogP contribution in [0.25, 0.3) is 10.6 Å². The summed E-state index contributed by atoms with van der Waals surface area (Å²) in [6.07, 6.45) is -3.62. The average molecular weight is 343 g/mol. The SMILES string of the molecule is CCN(CCC(F)(F)F)C(=O)Nc1cccc(-c2nccs2)c1. The molecule has 0 spiro atoms. The number of urea groups is 1. The Morgan fingerprint density at radius 3 is 2.78 bits per heavy atom. The van der Waals surface area contributed by atoms with Crippen LogP contribution in [0.4, 0.5) is 23.7 Å². The summed E-state index contributed by atoms with van der Waals surface area (Å²) < 4.78 is 36.9. The molecule has 0 atom stereocenters. The predicted octanol–water partition coefficient (Wildman–Crippen LogP) is 4.62. The second-order valence-electron chi connectivity index (χ2n) is 4.79. The van der Waals surface area contributed by atoms with Gasteiger partial charge >= 0.3 is 12.2 Å². The van der Waals surface area contributed by atoms with Crippen molar-refractivity contribution < 1.29 is 18.0 Å². The molecular formula is C15H16F3N3OS. The zero-order valence-electron chi connectivity index (χ0n) is 12.4. The van der Waals surface area contributed by atoms with Crippen LogP contribution in [0.2, 0.25) is 0 Å². The van der Waals surface area contributed by atoms with Crippen LogP contribution < -0.4 is 5.32 Å². The van der Waals surface area contributed by atoms with Crippen molar-refractivity contribution in [3.05, 3.63) is 35.8 Å². The van der Waals surface area contributed by atoms with Gasteiger partial charge in [0.25, 0.3) is 0 Å². The van der Waals surface area contributed by atoms with Gasteiger partial charge < -0.3 is 10.2 Å². The highest BCUT2D eigenvalue weighted by molar-refractivity contribution is 7.13. The first-order valence-electron chi connectivity index (χ1n) is 7.01. The number of anilines is 1. The summed E-state index contributed by atoms with van der Waals surface area (Å²) >= 11 is 1.47. The number of amides is 2. The van der Waals surface area contributed by atoms with E-state index in [4.69, 9.17) is 0 Å². The largest absolute Gasteiger partial charge is 0.390 e. The summed E-state index contributed by atoms with van der Waals surface area (Å²) in [7, 11) is 0. The molecule has 0 aliphatic carbocycles. The van der Waals surface area contributed by atoms with Crippen molar-refractivity contribution in [3.8, 4) is 10.6 Å². The van der Waals surface area contributed by atoms with Crippen molar-refractivity contribution in [1.82, 2.24) is 9.88 Å². The summed E-state index contributed by atoms with van der Waals surface area (Å²) in [6.45, 7) is 1.48. The van der Waals surface area contributed by atoms with E-state index in [1.54, 1.807) is 31.3 Å². The Labute approximate surface area is 136 Å². The fraction of sp³-hybridized carbons (Fsp3) is 0.333. The molecular weight excluding hydrogens is 327 g/mol. The van der Waals surface area contributed by atoms with Gasteiger partial charge in [-0.2, -0.15) is 13.2 Å². The second-order valence-corrected chi connectivity index (χ2v) is 5.69. The maximum atomic E-state index is 12.3. The van der Waals surface area contributed by atoms with Crippen LogP contribution in [0.1, 0.15) is 13.3 Å². The van der Waals surface area contributed by atoms with Crippen molar-refractivity contribution in [2.45, 2.75) is 19.5 Å². The van der Waals surface area contributed by atoms with E-state index in [1.807, 2.05) is 11.4 Å². The van der Waals surface area contributed by atoms with Crippen molar-refractivity contribution in [2.75, 3.05) is 18.4 Å². The number of carbonyl (C=O) groups is 1. The van der Waals surface area contributed by atoms with Crippen LogP contribution in [-0.4, -0.2) is 35.2 Å². The van der Waals surface area contributed by atoms with Crippen molar-refractivity contribution in [2.24, 2.45) is 0 Å². The molecule has 2 rings (SSSR count). The Hall–Kier alpha value is -2.09. The van der Waals surface area contributed by atoms with Gasteiger partial charge in [-0.15, -0.1) is 11.3 Å². The lowest BCUT2D eigenvalue weighted by molar-refractivity contribution is -0.136. The fourth-order valence-electron chi connectivity index (χ4n) is 1.96. The monoisotopic (exact) mass is 343 g/mol. The molecule has 0 fully saturated rings. The van der Waals surface area contributed by atoms with Crippen molar-refractivity contribution in [3.63, 3.8) is 0 Å². The molecule has 0 saturated carbocycles. The maximum absolute atomic E-state index is 12.3. The minimum atomic E-state index is -4.28. The minimum absolute atomic E-state index is 0.202. The number of rotatable bonds is 5. The molecule has 4 nitrogen and oxygen atoms in total. The number of benzene rings is 1. The average Bonchev–Trinajstić information content (AvgIpc) is 3.01. The standard InChI is InChI=1S/C15H16F3N3OS/c1-2-21(8-6-15(16,17)18)14(22)20-12-5-3-4-11(10-12)13-19-7-9-23-13/h3-5,7,9-10H,2,6,8H2,1H3,(H,20,22). The van der Waals surface area contributed by atoms with Gasteiger partial charge in [0.15, 0.2) is 0 Å². The van der Waals surface area contributed by atoms with Crippen molar-refractivity contribution >= 4 is 23.1 Å². The number of carbonyl (C=O) groups excluding carboxylic acids is 1. The molecule has 23 heavy (non-hydrogen) atoms. The summed E-state index contributed by atoms with van der Waals surface area (Å²) in [6, 6.07) is 6.50. The Morgan fingerprint density at radius 1 is 1.39 bits per heavy atom. The zero-order valence-corrected chi connectivity index (χ0v) is 13.2. The van der Waals surface area contributed by atoms with E-state index < -0.39 is 18.6 Å². The number of thiazole rings is 1. The molecule has 0 aliphatic rings. The van der Waals surface area contributed by atoms with Gasteiger partial charge in [-0.3, -0.25) is 0 Å². The van der Waals surface area contributed by atoms with Gasteiger partial charge in [0.2, 0.25) is 0 Å². The van der Waals surface area contributed by atoms with E-state index in [0.717, 1.165) is 15.5 Å². The second kappa shape index (κ2) is 7.45. The van der Waals surface area contributed by atoms with Crippen LogP contribution in [0, 0.1) is 0 Å². The Balaban J connectivity index is 2.03. The number of nitrogens with one attached hydrogen (secondary N) is 1. The molecule has 1 aromatic heterocycles. The van der Waals surface area contributed by atoms with Crippen LogP contribution in [0.3, 0.4) is 0 Å². The van der Waals surface area contributed by atoms with Crippen molar-refractivity contribution in [1.29, 1.82) is 0 Å². The third-order valence-corrected chi connectivity index (χ3v) is 3.95. The number of alkyl halides is 3. The minimum Gasteiger partial charge on any atom is -0.324 e. The smallest absolute Gasteiger partial charge is 0.324 e. The molecule has 1 N–H and O–H groups in total. The maximum Gasteiger partial charge on any atom is 0.390 e. The Bertz CT molecular complexity index is 644. The molecule has 1 heterocycles. The van der Waals surface area contributed by atoms with Crippen LogP contribution in [0.15, 0.2) is 35.8 Å². The number of hydrogen-bond donors (Lipinski definition) is 1. The molecule has 2 aromatic rings. The molecule has 124 valence electrons. The molecule has 1 aromatic carbocycles. The van der Waals surface area contributed by atoms with Gasteiger partial charge in [-0.1, -0.05) is 12.1 Å². The lowest BCUT2D eigenvalue weighted by Gasteiger charge is -2.22. The summed E-state index contributed by atoms with van der Waals surface area (Å²) in [5.41, 5.74) is 1.37. The topological polar surface area (TPSA) is 45.2 Å². The Kier molecular flexibility index (Phi) is 5.59. The van der Waals surface area contributed by atoms with Crippen LogP contribution in [0.5, 0.6) is 0 Å². The first-order chi connectivity index (χ1) is 10.9. The number of hydrogen-bond acceptors (Lipinski definition) is 3. The lowest BCUT2D eigenvalue weighted by Crippen LogP contribution is -2.37. The van der Waals surface area contributed by atoms with E-state index in [0.29, 0.717) is 5.69 Å². The normalized spacial score (nSPS) is 11.3. The van der Waals surface area contributed by atoms with Crippen LogP contribution >= 0.6 is 11.3 Å². The molecule has 0 unspecified atom stereocenters. The van der Waals surface area contributed by atoms with E-state index >= 15 is 0 Å². The third kappa shape index (κ3) is 5.24. The molecule has 0 radical (unpaired) electrons. The fourth-order valence-corrected chi connectivity index (χ4v) is 2.60. The highest BCUT2D eigenvalue weighted by atomic mass is 32.1. The van der Waals surface area contributed by atoms with Gasteiger partial charge in [0, 0.05) is 35.9 Å². The van der Waals surface area contributed by atoms with Gasteiger partial charge in [0.05, 0.1) is 6.42 Å². The Morgan fingerprint density at radius 2 is 2.17 bits per heavy atom. The molecule has 8 heteroatoms. The summed E-state index contributed by atoms with van der Waals surface area (Å²) in [5.74, 6) is 0. The van der Waals surface area contributed by atoms with E-state index in [1.165, 1.54) is 11.3 Å². The number of halogens is 3. The first kappa shape index (κ1) is 17.3. The van der Waals surface area contributed by atoms with E-state index in [-0.39, 0.29) is 13.1 Å². The zero-order chi connectivity index (χ0) is 16.9. The summed E-state index contributed by atoms with van der Waals surface area (Å²) in [5, 5.41) is 5.28. The van der Waals surface area contributed by atoms with Gasteiger partial charge in [-0.05, 0) is 19.1 Å². The third-order valence-electron chi connectivity index (χ3n) is 3.13. The molecule has 0 bridgehead atoms. The molecule has 0 saturated heterocycles. The number of aromatic nitrogens is 1. The summed E-state index contributed by atoms with van der Waals surface area (Å²) in [4.78, 5) is 17.4.